The smallest absolute Gasteiger partial charge is 0.277 e. The number of carbonyl (C=O) groups is 1. The molecule has 2 rings (SSSR count). The van der Waals surface area contributed by atoms with Crippen LogP contribution in [0.2, 0.25) is 0 Å². The Morgan fingerprint density at radius 1 is 1.12 bits per heavy atom. The second-order valence-corrected chi connectivity index (χ2v) is 4.69. The molecule has 126 valence electrons. The van der Waals surface area contributed by atoms with Crippen LogP contribution in [0.1, 0.15) is 5.56 Å². The van der Waals surface area contributed by atoms with Gasteiger partial charge < -0.3 is 14.2 Å². The lowest BCUT2D eigenvalue weighted by atomic mass is 10.2. The number of nitrogens with one attached hydrogen (secondary N) is 1. The van der Waals surface area contributed by atoms with Gasteiger partial charge >= 0.3 is 0 Å². The maximum Gasteiger partial charge on any atom is 0.277 e. The molecule has 0 unspecified atom stereocenters. The van der Waals surface area contributed by atoms with Crippen molar-refractivity contribution in [3.05, 3.63) is 53.8 Å². The maximum absolute atomic E-state index is 13.0. The number of halogens is 1. The van der Waals surface area contributed by atoms with Gasteiger partial charge in [0.15, 0.2) is 6.61 Å². The molecule has 7 heteroatoms. The topological polar surface area (TPSA) is 69.2 Å². The minimum absolute atomic E-state index is 0.270. The van der Waals surface area contributed by atoms with E-state index >= 15 is 0 Å². The number of rotatable bonds is 7. The molecule has 0 bridgehead atoms. The monoisotopic (exact) mass is 332 g/mol. The van der Waals surface area contributed by atoms with E-state index in [2.05, 4.69) is 10.5 Å². The average molecular weight is 332 g/mol. The fourth-order valence-electron chi connectivity index (χ4n) is 1.82. The highest BCUT2D eigenvalue weighted by Gasteiger charge is 2.03. The van der Waals surface area contributed by atoms with Crippen LogP contribution < -0.4 is 19.6 Å². The van der Waals surface area contributed by atoms with E-state index in [0.717, 1.165) is 0 Å². The second kappa shape index (κ2) is 8.52. The van der Waals surface area contributed by atoms with Gasteiger partial charge in [-0.1, -0.05) is 6.07 Å². The molecule has 0 saturated heterocycles. The summed E-state index contributed by atoms with van der Waals surface area (Å²) in [5.74, 6) is 0.586. The summed E-state index contributed by atoms with van der Waals surface area (Å²) in [5, 5.41) is 3.83. The summed E-state index contributed by atoms with van der Waals surface area (Å²) in [7, 11) is 3.09. The lowest BCUT2D eigenvalue weighted by Crippen LogP contribution is -2.24. The Morgan fingerprint density at radius 3 is 2.46 bits per heavy atom. The van der Waals surface area contributed by atoms with Crippen molar-refractivity contribution in [2.75, 3.05) is 20.8 Å². The number of amides is 1. The fourth-order valence-corrected chi connectivity index (χ4v) is 1.82. The molecular weight excluding hydrogens is 315 g/mol. The molecule has 0 heterocycles. The van der Waals surface area contributed by atoms with Crippen molar-refractivity contribution in [3.63, 3.8) is 0 Å². The van der Waals surface area contributed by atoms with Crippen LogP contribution >= 0.6 is 0 Å². The van der Waals surface area contributed by atoms with E-state index < -0.39 is 11.7 Å². The van der Waals surface area contributed by atoms with Crippen LogP contribution in [0.15, 0.2) is 47.6 Å². The van der Waals surface area contributed by atoms with Crippen molar-refractivity contribution >= 4 is 12.1 Å². The molecular formula is C17H17FN2O4. The van der Waals surface area contributed by atoms with Crippen LogP contribution in [0.4, 0.5) is 4.39 Å². The summed E-state index contributed by atoms with van der Waals surface area (Å²) in [6.45, 7) is -0.276. The Labute approximate surface area is 138 Å². The third-order valence-electron chi connectivity index (χ3n) is 2.94. The highest BCUT2D eigenvalue weighted by molar-refractivity contribution is 5.83. The van der Waals surface area contributed by atoms with Gasteiger partial charge in [-0.2, -0.15) is 5.10 Å². The summed E-state index contributed by atoms with van der Waals surface area (Å²) >= 11 is 0. The highest BCUT2D eigenvalue weighted by Crippen LogP contribution is 2.21. The summed E-state index contributed by atoms with van der Waals surface area (Å²) in [4.78, 5) is 11.6. The van der Waals surface area contributed by atoms with E-state index in [4.69, 9.17) is 14.2 Å². The first kappa shape index (κ1) is 17.3. The quantitative estimate of drug-likeness (QED) is 0.624. The van der Waals surface area contributed by atoms with E-state index in [1.54, 1.807) is 38.5 Å². The standard InChI is InChI=1S/C17H17FN2O4/c1-22-15-6-12(7-16(9-15)23-2)10-19-20-17(21)11-24-14-5-3-4-13(18)8-14/h3-10H,11H2,1-2H3,(H,20,21)/b19-10-. The van der Waals surface area contributed by atoms with Crippen LogP contribution in [0.3, 0.4) is 0 Å². The summed E-state index contributed by atoms with van der Waals surface area (Å²) in [6, 6.07) is 10.7. The number of ether oxygens (including phenoxy) is 3. The zero-order chi connectivity index (χ0) is 17.4. The molecule has 0 aliphatic rings. The molecule has 1 amide bonds. The largest absolute Gasteiger partial charge is 0.497 e. The van der Waals surface area contributed by atoms with Gasteiger partial charge in [0.05, 0.1) is 20.4 Å². The number of benzene rings is 2. The molecule has 0 aliphatic carbocycles. The Balaban J connectivity index is 1.88. The molecule has 24 heavy (non-hydrogen) atoms. The number of methoxy groups -OCH3 is 2. The Hall–Kier alpha value is -3.09. The third kappa shape index (κ3) is 5.28. The third-order valence-corrected chi connectivity index (χ3v) is 2.94. The van der Waals surface area contributed by atoms with E-state index in [1.165, 1.54) is 24.4 Å². The predicted molar refractivity (Wildman–Crippen MR) is 87.2 cm³/mol. The molecule has 0 aromatic heterocycles. The SMILES string of the molecule is COc1cc(/C=N\NC(=O)COc2cccc(F)c2)cc(OC)c1. The van der Waals surface area contributed by atoms with Gasteiger partial charge in [-0.25, -0.2) is 9.82 Å². The minimum atomic E-state index is -0.467. The van der Waals surface area contributed by atoms with Crippen molar-refractivity contribution in [1.82, 2.24) is 5.43 Å². The van der Waals surface area contributed by atoms with Crippen LogP contribution in [0.25, 0.3) is 0 Å². The molecule has 2 aromatic carbocycles. The first-order valence-corrected chi connectivity index (χ1v) is 7.04. The predicted octanol–water partition coefficient (Wildman–Crippen LogP) is 2.37. The van der Waals surface area contributed by atoms with E-state index in [1.807, 2.05) is 0 Å². The Morgan fingerprint density at radius 2 is 1.83 bits per heavy atom. The van der Waals surface area contributed by atoms with Gasteiger partial charge in [-0.05, 0) is 24.3 Å². The van der Waals surface area contributed by atoms with Gasteiger partial charge in [0.2, 0.25) is 0 Å². The molecule has 0 saturated carbocycles. The zero-order valence-electron chi connectivity index (χ0n) is 13.3. The van der Waals surface area contributed by atoms with E-state index in [9.17, 15) is 9.18 Å². The van der Waals surface area contributed by atoms with Crippen LogP contribution in [0, 0.1) is 5.82 Å². The number of hydrogen-bond donors (Lipinski definition) is 1. The Kier molecular flexibility index (Phi) is 6.13. The molecule has 0 spiro atoms. The normalized spacial score (nSPS) is 10.5. The van der Waals surface area contributed by atoms with Gasteiger partial charge in [-0.15, -0.1) is 0 Å². The summed E-state index contributed by atoms with van der Waals surface area (Å²) in [6.07, 6.45) is 1.45. The van der Waals surface area contributed by atoms with E-state index in [0.29, 0.717) is 17.1 Å². The van der Waals surface area contributed by atoms with Crippen molar-refractivity contribution in [3.8, 4) is 17.2 Å². The molecule has 0 fully saturated rings. The van der Waals surface area contributed by atoms with Crippen molar-refractivity contribution in [1.29, 1.82) is 0 Å². The lowest BCUT2D eigenvalue weighted by molar-refractivity contribution is -0.123. The van der Waals surface area contributed by atoms with Gasteiger partial charge in [0, 0.05) is 17.7 Å². The van der Waals surface area contributed by atoms with Gasteiger partial charge in [0.1, 0.15) is 23.1 Å². The lowest BCUT2D eigenvalue weighted by Gasteiger charge is -2.06. The van der Waals surface area contributed by atoms with Gasteiger partial charge in [0.25, 0.3) is 5.91 Å². The number of hydrogen-bond acceptors (Lipinski definition) is 5. The van der Waals surface area contributed by atoms with Crippen LogP contribution in [0.5, 0.6) is 17.2 Å². The van der Waals surface area contributed by atoms with Crippen LogP contribution in [-0.4, -0.2) is 32.9 Å². The first-order chi connectivity index (χ1) is 11.6. The first-order valence-electron chi connectivity index (χ1n) is 7.04. The van der Waals surface area contributed by atoms with Crippen molar-refractivity contribution < 1.29 is 23.4 Å². The second-order valence-electron chi connectivity index (χ2n) is 4.69. The molecule has 6 nitrogen and oxygen atoms in total. The zero-order valence-corrected chi connectivity index (χ0v) is 13.3. The van der Waals surface area contributed by atoms with Crippen molar-refractivity contribution in [2.45, 2.75) is 0 Å². The van der Waals surface area contributed by atoms with E-state index in [-0.39, 0.29) is 12.4 Å². The van der Waals surface area contributed by atoms with Gasteiger partial charge in [-0.3, -0.25) is 4.79 Å². The minimum Gasteiger partial charge on any atom is -0.497 e. The molecule has 1 N–H and O–H groups in total. The molecule has 2 aromatic rings. The van der Waals surface area contributed by atoms with Crippen molar-refractivity contribution in [2.24, 2.45) is 5.10 Å². The number of nitrogens with zero attached hydrogens (tertiary/aromatic N) is 1. The van der Waals surface area contributed by atoms with Crippen LogP contribution in [-0.2, 0) is 4.79 Å². The molecule has 0 atom stereocenters. The highest BCUT2D eigenvalue weighted by atomic mass is 19.1. The Bertz CT molecular complexity index is 712. The number of hydrazone groups is 1. The average Bonchev–Trinajstić information content (AvgIpc) is 2.59. The maximum atomic E-state index is 13.0. The fraction of sp³-hybridized carbons (Fsp3) is 0.176. The molecule has 0 radical (unpaired) electrons. The number of carbonyl (C=O) groups excluding carboxylic acids is 1. The molecule has 0 aliphatic heterocycles. The summed E-state index contributed by atoms with van der Waals surface area (Å²) < 4.78 is 28.4. The summed E-state index contributed by atoms with van der Waals surface area (Å²) in [5.41, 5.74) is 3.01.